The number of pyridine rings is 1. The molecule has 0 spiro atoms. The summed E-state index contributed by atoms with van der Waals surface area (Å²) in [6.07, 6.45) is 6.65. The van der Waals surface area contributed by atoms with Crippen molar-refractivity contribution in [3.8, 4) is 11.3 Å². The van der Waals surface area contributed by atoms with Crippen LogP contribution in [-0.4, -0.2) is 38.4 Å². The molecule has 0 aliphatic carbocycles. The van der Waals surface area contributed by atoms with Crippen LogP contribution in [0.15, 0.2) is 49.1 Å². The number of amides is 1. The third-order valence-corrected chi connectivity index (χ3v) is 5.46. The van der Waals surface area contributed by atoms with Crippen molar-refractivity contribution in [1.29, 1.82) is 0 Å². The average molecular weight is 393 g/mol. The number of benzene rings is 1. The van der Waals surface area contributed by atoms with Crippen molar-refractivity contribution in [3.05, 3.63) is 66.1 Å². The maximum atomic E-state index is 13.4. The Morgan fingerprint density at radius 2 is 2.17 bits per heavy atom. The van der Waals surface area contributed by atoms with Gasteiger partial charge in [-0.15, -0.1) is 0 Å². The van der Waals surface area contributed by atoms with E-state index in [1.165, 1.54) is 12.1 Å². The molecular formula is C22H24FN5O. The molecule has 3 aromatic rings. The number of halogens is 1. The van der Waals surface area contributed by atoms with Crippen LogP contribution >= 0.6 is 0 Å². The van der Waals surface area contributed by atoms with E-state index in [0.717, 1.165) is 37.2 Å². The molecule has 4 rings (SSSR count). The molecule has 2 N–H and O–H groups in total. The average Bonchev–Trinajstić information content (AvgIpc) is 3.36. The summed E-state index contributed by atoms with van der Waals surface area (Å²) in [4.78, 5) is 23.4. The Morgan fingerprint density at radius 3 is 2.93 bits per heavy atom. The summed E-state index contributed by atoms with van der Waals surface area (Å²) >= 11 is 0. The molecule has 150 valence electrons. The number of hydrogen-bond donors (Lipinski definition) is 1. The summed E-state index contributed by atoms with van der Waals surface area (Å²) in [5.41, 5.74) is 9.47. The van der Waals surface area contributed by atoms with Gasteiger partial charge in [-0.05, 0) is 55.2 Å². The van der Waals surface area contributed by atoms with E-state index < -0.39 is 0 Å². The number of rotatable bonds is 5. The number of imidazole rings is 1. The lowest BCUT2D eigenvalue weighted by atomic mass is 10.0. The standard InChI is InChI=1S/C22H24FN5O/c1-15-10-17(23)2-3-18(15)20-5-4-19(24)21(26-20)11-22(29)28-8-6-16(13-28)12-27-9-7-25-14-27/h2-5,7,9-10,14,16H,6,8,11-13,24H2,1H3. The maximum Gasteiger partial charge on any atom is 0.228 e. The summed E-state index contributed by atoms with van der Waals surface area (Å²) < 4.78 is 15.5. The fourth-order valence-corrected chi connectivity index (χ4v) is 3.87. The summed E-state index contributed by atoms with van der Waals surface area (Å²) in [7, 11) is 0. The lowest BCUT2D eigenvalue weighted by Gasteiger charge is -2.17. The first-order chi connectivity index (χ1) is 14.0. The zero-order chi connectivity index (χ0) is 20.4. The maximum absolute atomic E-state index is 13.4. The smallest absolute Gasteiger partial charge is 0.228 e. The quantitative estimate of drug-likeness (QED) is 0.723. The molecule has 3 heterocycles. The second-order valence-electron chi connectivity index (χ2n) is 7.62. The minimum absolute atomic E-state index is 0.0327. The van der Waals surface area contributed by atoms with Gasteiger partial charge >= 0.3 is 0 Å². The fourth-order valence-electron chi connectivity index (χ4n) is 3.87. The Kier molecular flexibility index (Phi) is 5.29. The highest BCUT2D eigenvalue weighted by Gasteiger charge is 2.27. The molecule has 0 bridgehead atoms. The highest BCUT2D eigenvalue weighted by Crippen LogP contribution is 2.25. The molecule has 1 atom stereocenters. The second-order valence-corrected chi connectivity index (χ2v) is 7.62. The molecule has 1 aromatic carbocycles. The van der Waals surface area contributed by atoms with E-state index in [2.05, 4.69) is 9.97 Å². The van der Waals surface area contributed by atoms with Gasteiger partial charge in [-0.2, -0.15) is 0 Å². The summed E-state index contributed by atoms with van der Waals surface area (Å²) in [5.74, 6) is 0.174. The van der Waals surface area contributed by atoms with Crippen LogP contribution in [0.5, 0.6) is 0 Å². The molecule has 1 unspecified atom stereocenters. The van der Waals surface area contributed by atoms with Gasteiger partial charge in [-0.25, -0.2) is 9.37 Å². The first-order valence-electron chi connectivity index (χ1n) is 9.75. The van der Waals surface area contributed by atoms with Gasteiger partial charge in [0.25, 0.3) is 0 Å². The van der Waals surface area contributed by atoms with Crippen molar-refractivity contribution < 1.29 is 9.18 Å². The highest BCUT2D eigenvalue weighted by molar-refractivity contribution is 5.80. The summed E-state index contributed by atoms with van der Waals surface area (Å²) in [6, 6.07) is 8.16. The number of nitrogens with zero attached hydrogens (tertiary/aromatic N) is 4. The molecule has 0 saturated carbocycles. The highest BCUT2D eigenvalue weighted by atomic mass is 19.1. The monoisotopic (exact) mass is 393 g/mol. The van der Waals surface area contributed by atoms with Crippen molar-refractivity contribution in [2.75, 3.05) is 18.8 Å². The molecule has 0 radical (unpaired) electrons. The topological polar surface area (TPSA) is 77.0 Å². The van der Waals surface area contributed by atoms with Gasteiger partial charge in [0.2, 0.25) is 5.91 Å². The number of hydrogen-bond acceptors (Lipinski definition) is 4. The molecule has 1 fully saturated rings. The normalized spacial score (nSPS) is 16.3. The van der Waals surface area contributed by atoms with Gasteiger partial charge in [0, 0.05) is 37.6 Å². The van der Waals surface area contributed by atoms with Gasteiger partial charge < -0.3 is 15.2 Å². The molecule has 1 amide bonds. The van der Waals surface area contributed by atoms with Gasteiger partial charge in [0.1, 0.15) is 5.82 Å². The van der Waals surface area contributed by atoms with E-state index in [0.29, 0.717) is 23.0 Å². The van der Waals surface area contributed by atoms with E-state index in [-0.39, 0.29) is 18.1 Å². The molecule has 1 aliphatic rings. The third-order valence-electron chi connectivity index (χ3n) is 5.46. The predicted molar refractivity (Wildman–Crippen MR) is 109 cm³/mol. The SMILES string of the molecule is Cc1cc(F)ccc1-c1ccc(N)c(CC(=O)N2CCC(Cn3ccnc3)C2)n1. The van der Waals surface area contributed by atoms with Crippen molar-refractivity contribution in [2.45, 2.75) is 26.3 Å². The van der Waals surface area contributed by atoms with Crippen molar-refractivity contribution >= 4 is 11.6 Å². The number of aryl methyl sites for hydroxylation is 1. The third kappa shape index (κ3) is 4.29. The summed E-state index contributed by atoms with van der Waals surface area (Å²) in [6.45, 7) is 4.18. The number of nitrogens with two attached hydrogens (primary N) is 1. The fraction of sp³-hybridized carbons (Fsp3) is 0.318. The van der Waals surface area contributed by atoms with E-state index in [4.69, 9.17) is 5.73 Å². The van der Waals surface area contributed by atoms with Crippen molar-refractivity contribution in [1.82, 2.24) is 19.4 Å². The Bertz CT molecular complexity index is 1020. The zero-order valence-electron chi connectivity index (χ0n) is 16.4. The number of nitrogen functional groups attached to an aromatic ring is 1. The van der Waals surface area contributed by atoms with Crippen LogP contribution < -0.4 is 5.73 Å². The Morgan fingerprint density at radius 1 is 1.31 bits per heavy atom. The molecule has 1 aliphatic heterocycles. The Hall–Kier alpha value is -3.22. The lowest BCUT2D eigenvalue weighted by molar-refractivity contribution is -0.129. The van der Waals surface area contributed by atoms with E-state index >= 15 is 0 Å². The molecule has 2 aromatic heterocycles. The molecule has 1 saturated heterocycles. The van der Waals surface area contributed by atoms with E-state index in [9.17, 15) is 9.18 Å². The predicted octanol–water partition coefficient (Wildman–Crippen LogP) is 3.07. The largest absolute Gasteiger partial charge is 0.397 e. The van der Waals surface area contributed by atoms with Crippen LogP contribution in [0, 0.1) is 18.7 Å². The van der Waals surface area contributed by atoms with E-state index in [1.54, 1.807) is 30.7 Å². The van der Waals surface area contributed by atoms with Crippen LogP contribution in [0.2, 0.25) is 0 Å². The molecular weight excluding hydrogens is 369 g/mol. The molecule has 6 nitrogen and oxygen atoms in total. The van der Waals surface area contributed by atoms with Crippen LogP contribution in [-0.2, 0) is 17.8 Å². The van der Waals surface area contributed by atoms with Crippen LogP contribution in [0.25, 0.3) is 11.3 Å². The van der Waals surface area contributed by atoms with Gasteiger partial charge in [0.05, 0.1) is 29.8 Å². The number of aromatic nitrogens is 3. The summed E-state index contributed by atoms with van der Waals surface area (Å²) in [5, 5.41) is 0. The first kappa shape index (κ1) is 19.1. The number of carbonyl (C=O) groups excluding carboxylic acids is 1. The number of carbonyl (C=O) groups is 1. The minimum Gasteiger partial charge on any atom is -0.397 e. The molecule has 7 heteroatoms. The first-order valence-corrected chi connectivity index (χ1v) is 9.75. The van der Waals surface area contributed by atoms with Gasteiger partial charge in [-0.3, -0.25) is 9.78 Å². The van der Waals surface area contributed by atoms with Crippen LogP contribution in [0.1, 0.15) is 17.7 Å². The van der Waals surface area contributed by atoms with E-state index in [1.807, 2.05) is 22.6 Å². The number of likely N-dealkylation sites (tertiary alicyclic amines) is 1. The number of anilines is 1. The second kappa shape index (κ2) is 8.03. The van der Waals surface area contributed by atoms with Crippen LogP contribution in [0.3, 0.4) is 0 Å². The van der Waals surface area contributed by atoms with Crippen LogP contribution in [0.4, 0.5) is 10.1 Å². The zero-order valence-corrected chi connectivity index (χ0v) is 16.4. The van der Waals surface area contributed by atoms with Gasteiger partial charge in [-0.1, -0.05) is 0 Å². The van der Waals surface area contributed by atoms with Crippen molar-refractivity contribution in [3.63, 3.8) is 0 Å². The Labute approximate surface area is 169 Å². The Balaban J connectivity index is 1.45. The minimum atomic E-state index is -0.281. The molecule has 29 heavy (non-hydrogen) atoms. The lowest BCUT2D eigenvalue weighted by Crippen LogP contribution is -2.31. The van der Waals surface area contributed by atoms with Gasteiger partial charge in [0.15, 0.2) is 0 Å². The van der Waals surface area contributed by atoms with Crippen molar-refractivity contribution in [2.24, 2.45) is 5.92 Å².